The van der Waals surface area contributed by atoms with E-state index < -0.39 is 35.8 Å². The second kappa shape index (κ2) is 43.8. The predicted molar refractivity (Wildman–Crippen MR) is 279 cm³/mol. The Bertz CT molecular complexity index is 1940. The minimum Gasteiger partial charge on any atom is -0.462 e. The quantitative estimate of drug-likeness (QED) is 0.0491. The molecule has 0 aliphatic heterocycles. The summed E-state index contributed by atoms with van der Waals surface area (Å²) in [6.07, 6.45) is 12.8. The molecule has 0 radical (unpaired) electrons. The summed E-state index contributed by atoms with van der Waals surface area (Å²) in [7, 11) is 0. The molecule has 0 fully saturated rings. The molecule has 0 aliphatic carbocycles. The van der Waals surface area contributed by atoms with Gasteiger partial charge in [0.15, 0.2) is 11.6 Å². The molecule has 0 N–H and O–H groups in total. The fraction of sp³-hybridized carbons (Fsp3) is 0.368. The maximum absolute atomic E-state index is 11.7. The number of rotatable bonds is 26. The van der Waals surface area contributed by atoms with E-state index in [1.54, 1.807) is 39.8 Å². The Morgan fingerprint density at radius 1 is 0.451 bits per heavy atom. The van der Waals surface area contributed by atoms with Gasteiger partial charge >= 0.3 is 35.8 Å². The molecule has 14 heteroatoms. The van der Waals surface area contributed by atoms with Crippen molar-refractivity contribution in [2.24, 2.45) is 17.8 Å². The molecule has 2 rings (SSSR count). The van der Waals surface area contributed by atoms with Gasteiger partial charge in [0.25, 0.3) is 0 Å². The van der Waals surface area contributed by atoms with Crippen molar-refractivity contribution >= 4 is 59.5 Å². The van der Waals surface area contributed by atoms with E-state index in [0.29, 0.717) is 29.6 Å². The minimum atomic E-state index is -0.480. The molecule has 0 amide bonds. The smallest absolute Gasteiger partial charge is 0.333 e. The number of allylic oxidation sites excluding steroid dienone is 2. The zero-order valence-electron chi connectivity index (χ0n) is 43.1. The van der Waals surface area contributed by atoms with E-state index in [1.807, 2.05) is 88.4 Å². The van der Waals surface area contributed by atoms with Crippen molar-refractivity contribution in [1.82, 2.24) is 0 Å². The van der Waals surface area contributed by atoms with Crippen molar-refractivity contribution in [2.45, 2.75) is 81.1 Å². The van der Waals surface area contributed by atoms with E-state index in [2.05, 4.69) is 39.5 Å². The van der Waals surface area contributed by atoms with Gasteiger partial charge in [-0.3, -0.25) is 9.59 Å². The van der Waals surface area contributed by atoms with Gasteiger partial charge in [0.1, 0.15) is 0 Å². The monoisotopic (exact) mass is 985 g/mol. The number of carbonyl (C=O) groups is 8. The van der Waals surface area contributed by atoms with Crippen LogP contribution in [0.5, 0.6) is 0 Å². The summed E-state index contributed by atoms with van der Waals surface area (Å²) in [6, 6.07) is 19.0. The van der Waals surface area contributed by atoms with Gasteiger partial charge in [-0.05, 0) is 68.5 Å². The van der Waals surface area contributed by atoms with Crippen molar-refractivity contribution in [2.75, 3.05) is 39.6 Å². The molecule has 2 aromatic rings. The normalized spacial score (nSPS) is 9.90. The van der Waals surface area contributed by atoms with Crippen LogP contribution in [0.2, 0.25) is 0 Å². The van der Waals surface area contributed by atoms with Gasteiger partial charge in [0.05, 0.1) is 39.6 Å². The van der Waals surface area contributed by atoms with Crippen LogP contribution < -0.4 is 0 Å². The van der Waals surface area contributed by atoms with Crippen molar-refractivity contribution in [3.8, 4) is 0 Å². The summed E-state index contributed by atoms with van der Waals surface area (Å²) < 4.78 is 29.6. The Morgan fingerprint density at radius 3 is 1.00 bits per heavy atom. The first-order chi connectivity index (χ1) is 33.6. The number of Topliss-reactive ketones (excluding diaryl/α,β-unsaturated/α-hetero) is 1. The fourth-order valence-electron chi connectivity index (χ4n) is 4.18. The van der Waals surface area contributed by atoms with Crippen LogP contribution in [-0.2, 0) is 66.8 Å². The first-order valence-corrected chi connectivity index (χ1v) is 22.9. The van der Waals surface area contributed by atoms with Crippen LogP contribution in [0.25, 0.3) is 12.2 Å². The zero-order chi connectivity index (χ0) is 54.6. The standard InChI is InChI=1S/C22H22O4.C12H18O4.C10H14O4.C7H12O.C6H10O/c1-18(16-25-21(23)14-12-19-8-4-2-5-9-19)17-26-22(24)15-13-20-10-6-3-7-11-20;1-8(2)11(13)15-6-10(5)7-16-12(14)9(3)4;1-4-9(11)13-6-8(3)7-14-10(12)5-2;1-4-5-7(8)6(2)3;1-3-5-6(7)4-2/h2-15,18H,16-17H2,1H3;10H,1,3,6-7H2,2,4-5H3;4-5,8H,1-2,6-7H2,3H3;2,4-5H2,1,3H3;4H,2-3,5H2,1H3/b14-12+,15-13+;;;;. The largest absolute Gasteiger partial charge is 0.462 e. The average Bonchev–Trinajstić information content (AvgIpc) is 3.36. The van der Waals surface area contributed by atoms with E-state index in [4.69, 9.17) is 28.4 Å². The van der Waals surface area contributed by atoms with Crippen molar-refractivity contribution in [3.05, 3.63) is 158 Å². The molecule has 0 aromatic heterocycles. The van der Waals surface area contributed by atoms with E-state index >= 15 is 0 Å². The number of ether oxygens (including phenoxy) is 6. The third-order valence-corrected chi connectivity index (χ3v) is 8.17. The van der Waals surface area contributed by atoms with E-state index in [-0.39, 0.29) is 69.0 Å². The first-order valence-electron chi connectivity index (χ1n) is 22.9. The summed E-state index contributed by atoms with van der Waals surface area (Å²) in [5.41, 5.74) is 3.23. The lowest BCUT2D eigenvalue weighted by Gasteiger charge is -2.12. The number of esters is 6. The SMILES string of the molecule is C=C(C)C(=O)CCC.C=C(C)C(=O)OCC(C)COC(=O)C(=C)C.C=CC(=O)CCC.C=CC(=O)OCC(C)COC(=O)C=C.CC(COC(=O)/C=C/c1ccccc1)COC(=O)/C=C/c1ccccc1. The van der Waals surface area contributed by atoms with E-state index in [1.165, 1.54) is 18.2 Å². The van der Waals surface area contributed by atoms with Crippen LogP contribution in [0.1, 0.15) is 92.2 Å². The van der Waals surface area contributed by atoms with Gasteiger partial charge in [-0.1, -0.05) is 135 Å². The summed E-state index contributed by atoms with van der Waals surface area (Å²) in [5, 5.41) is 0. The van der Waals surface area contributed by atoms with Gasteiger partial charge in [0, 0.05) is 66.0 Å². The molecule has 388 valence electrons. The zero-order valence-corrected chi connectivity index (χ0v) is 43.1. The Hall–Kier alpha value is -7.48. The Balaban J connectivity index is -0.000000888. The second-order valence-corrected chi connectivity index (χ2v) is 15.9. The molecule has 14 nitrogen and oxygen atoms in total. The predicted octanol–water partition coefficient (Wildman–Crippen LogP) is 10.6. The number of hydrogen-bond donors (Lipinski definition) is 0. The van der Waals surface area contributed by atoms with Crippen molar-refractivity contribution in [3.63, 3.8) is 0 Å². The van der Waals surface area contributed by atoms with Crippen molar-refractivity contribution in [1.29, 1.82) is 0 Å². The van der Waals surface area contributed by atoms with Gasteiger partial charge < -0.3 is 28.4 Å². The lowest BCUT2D eigenvalue weighted by Crippen LogP contribution is -2.18. The van der Waals surface area contributed by atoms with Crippen LogP contribution in [0.3, 0.4) is 0 Å². The molecule has 0 bridgehead atoms. The van der Waals surface area contributed by atoms with E-state index in [0.717, 1.165) is 36.1 Å². The molecular weight excluding hydrogens is 909 g/mol. The van der Waals surface area contributed by atoms with Gasteiger partial charge in [0.2, 0.25) is 0 Å². The van der Waals surface area contributed by atoms with Crippen LogP contribution in [0, 0.1) is 17.8 Å². The van der Waals surface area contributed by atoms with Crippen LogP contribution in [0.4, 0.5) is 0 Å². The maximum Gasteiger partial charge on any atom is 0.333 e. The van der Waals surface area contributed by atoms with E-state index in [9.17, 15) is 38.4 Å². The number of carbonyl (C=O) groups excluding carboxylic acids is 8. The summed E-state index contributed by atoms with van der Waals surface area (Å²) in [6.45, 7) is 35.8. The molecular formula is C57H76O14. The number of hydrogen-bond acceptors (Lipinski definition) is 14. The van der Waals surface area contributed by atoms with Gasteiger partial charge in [-0.25, -0.2) is 28.8 Å². The highest BCUT2D eigenvalue weighted by molar-refractivity contribution is 5.94. The summed E-state index contributed by atoms with van der Waals surface area (Å²) in [5.74, 6) is -2.51. The minimum absolute atomic E-state index is 0.0391. The fourth-order valence-corrected chi connectivity index (χ4v) is 4.18. The highest BCUT2D eigenvalue weighted by Crippen LogP contribution is 2.06. The molecule has 0 aliphatic rings. The highest BCUT2D eigenvalue weighted by atomic mass is 16.6. The molecule has 0 spiro atoms. The van der Waals surface area contributed by atoms with Crippen LogP contribution in [-0.4, -0.2) is 87.0 Å². The average molecular weight is 985 g/mol. The van der Waals surface area contributed by atoms with Crippen LogP contribution in [0.15, 0.2) is 147 Å². The maximum atomic E-state index is 11.7. The third kappa shape index (κ3) is 43.5. The topological polar surface area (TPSA) is 192 Å². The Kier molecular flexibility index (Phi) is 41.8. The van der Waals surface area contributed by atoms with Gasteiger partial charge in [-0.2, -0.15) is 0 Å². The molecule has 0 saturated heterocycles. The lowest BCUT2D eigenvalue weighted by atomic mass is 10.1. The molecule has 0 saturated carbocycles. The molecule has 0 unspecified atom stereocenters. The first kappa shape index (κ1) is 67.8. The summed E-state index contributed by atoms with van der Waals surface area (Å²) in [4.78, 5) is 87.7. The second-order valence-electron chi connectivity index (χ2n) is 15.9. The van der Waals surface area contributed by atoms with Crippen molar-refractivity contribution < 1.29 is 66.8 Å². The Morgan fingerprint density at radius 2 is 0.761 bits per heavy atom. The lowest BCUT2D eigenvalue weighted by molar-refractivity contribution is -0.145. The highest BCUT2D eigenvalue weighted by Gasteiger charge is 2.12. The molecule has 0 heterocycles. The number of ketones is 2. The van der Waals surface area contributed by atoms with Crippen LogP contribution >= 0.6 is 0 Å². The molecule has 0 atom stereocenters. The third-order valence-electron chi connectivity index (χ3n) is 8.17. The molecule has 71 heavy (non-hydrogen) atoms. The van der Waals surface area contributed by atoms with Gasteiger partial charge in [-0.15, -0.1) is 0 Å². The summed E-state index contributed by atoms with van der Waals surface area (Å²) >= 11 is 0. The molecule has 2 aromatic carbocycles. The Labute approximate surface area is 421 Å². The number of benzene rings is 2.